The van der Waals surface area contributed by atoms with Crippen LogP contribution in [0.15, 0.2) is 12.4 Å². The third-order valence-corrected chi connectivity index (χ3v) is 5.82. The van der Waals surface area contributed by atoms with Gasteiger partial charge in [-0.1, -0.05) is 0 Å². The molecular formula is C16H24N4O. The molecule has 4 aliphatic carbocycles. The van der Waals surface area contributed by atoms with Gasteiger partial charge in [-0.25, -0.2) is 0 Å². The summed E-state index contributed by atoms with van der Waals surface area (Å²) >= 11 is 0. The molecule has 0 spiro atoms. The molecule has 4 fully saturated rings. The summed E-state index contributed by atoms with van der Waals surface area (Å²) in [6.45, 7) is 1.33. The first-order valence-electron chi connectivity index (χ1n) is 8.24. The minimum atomic E-state index is 0.278. The molecule has 1 amide bonds. The number of rotatable bonds is 4. The van der Waals surface area contributed by atoms with Crippen LogP contribution in [0.3, 0.4) is 0 Å². The molecular weight excluding hydrogens is 264 g/mol. The van der Waals surface area contributed by atoms with Crippen molar-refractivity contribution in [1.82, 2.24) is 15.1 Å². The molecule has 4 aliphatic rings. The highest BCUT2D eigenvalue weighted by molar-refractivity contribution is 5.79. The Balaban J connectivity index is 1.33. The number of nitrogens with zero attached hydrogens (tertiary/aromatic N) is 2. The molecule has 0 aliphatic heterocycles. The molecule has 5 heteroatoms. The second-order valence-corrected chi connectivity index (χ2v) is 7.28. The number of nitrogens with one attached hydrogen (secondary N) is 1. The van der Waals surface area contributed by atoms with Crippen molar-refractivity contribution in [3.8, 4) is 0 Å². The molecule has 1 aromatic rings. The Morgan fingerprint density at radius 3 is 2.48 bits per heavy atom. The minimum absolute atomic E-state index is 0.278. The summed E-state index contributed by atoms with van der Waals surface area (Å²) in [5.41, 5.74) is 6.30. The topological polar surface area (TPSA) is 72.9 Å². The lowest BCUT2D eigenvalue weighted by molar-refractivity contribution is -0.138. The fourth-order valence-electron chi connectivity index (χ4n) is 5.27. The van der Waals surface area contributed by atoms with Crippen molar-refractivity contribution in [1.29, 1.82) is 0 Å². The van der Waals surface area contributed by atoms with E-state index in [0.29, 0.717) is 30.6 Å². The van der Waals surface area contributed by atoms with Crippen molar-refractivity contribution in [3.05, 3.63) is 12.4 Å². The van der Waals surface area contributed by atoms with E-state index in [1.165, 1.54) is 32.1 Å². The molecule has 5 rings (SSSR count). The number of anilines is 1. The first-order valence-corrected chi connectivity index (χ1v) is 8.24. The molecule has 0 saturated heterocycles. The first kappa shape index (κ1) is 13.2. The monoisotopic (exact) mass is 288 g/mol. The van der Waals surface area contributed by atoms with Crippen LogP contribution in [-0.4, -0.2) is 22.2 Å². The van der Waals surface area contributed by atoms with Gasteiger partial charge in [-0.15, -0.1) is 0 Å². The molecule has 0 unspecified atom stereocenters. The molecule has 4 saturated carbocycles. The van der Waals surface area contributed by atoms with Gasteiger partial charge in [0.1, 0.15) is 0 Å². The molecule has 0 aromatic carbocycles. The fourth-order valence-corrected chi connectivity index (χ4v) is 5.27. The first-order chi connectivity index (χ1) is 10.2. The average Bonchev–Trinajstić information content (AvgIpc) is 2.83. The Morgan fingerprint density at radius 2 is 1.90 bits per heavy atom. The van der Waals surface area contributed by atoms with Gasteiger partial charge in [-0.2, -0.15) is 5.10 Å². The van der Waals surface area contributed by atoms with Crippen LogP contribution in [0.25, 0.3) is 0 Å². The fraction of sp³-hybridized carbons (Fsp3) is 0.750. The second-order valence-electron chi connectivity index (χ2n) is 7.28. The summed E-state index contributed by atoms with van der Waals surface area (Å²) < 4.78 is 1.78. The number of amides is 1. The smallest absolute Gasteiger partial charge is 0.223 e. The van der Waals surface area contributed by atoms with Crippen molar-refractivity contribution in [2.24, 2.45) is 29.6 Å². The number of carbonyl (C=O) groups excluding carboxylic acids is 1. The summed E-state index contributed by atoms with van der Waals surface area (Å²) in [4.78, 5) is 12.6. The lowest BCUT2D eigenvalue weighted by atomic mass is 9.51. The van der Waals surface area contributed by atoms with Crippen molar-refractivity contribution in [2.75, 3.05) is 12.3 Å². The molecule has 4 bridgehead atoms. The molecule has 1 heterocycles. The van der Waals surface area contributed by atoms with Gasteiger partial charge in [0.25, 0.3) is 0 Å². The van der Waals surface area contributed by atoms with Crippen LogP contribution in [0.2, 0.25) is 0 Å². The van der Waals surface area contributed by atoms with Crippen LogP contribution in [0, 0.1) is 29.6 Å². The van der Waals surface area contributed by atoms with E-state index in [9.17, 15) is 4.79 Å². The van der Waals surface area contributed by atoms with Gasteiger partial charge < -0.3 is 11.1 Å². The average molecular weight is 288 g/mol. The van der Waals surface area contributed by atoms with Crippen LogP contribution in [0.1, 0.15) is 32.1 Å². The standard InChI is InChI=1S/C16H24N4O/c17-14-8-19-20(9-14)2-1-18-16(21)15-12-4-10-3-11(6-12)7-13(15)5-10/h8-13,15H,1-7,17H2,(H,18,21). The number of carbonyl (C=O) groups is 1. The molecule has 0 atom stereocenters. The lowest BCUT2D eigenvalue weighted by Gasteiger charge is -2.53. The normalized spacial score (nSPS) is 36.9. The summed E-state index contributed by atoms with van der Waals surface area (Å²) in [6.07, 6.45) is 10.0. The van der Waals surface area contributed by atoms with Crippen LogP contribution in [0.5, 0.6) is 0 Å². The van der Waals surface area contributed by atoms with E-state index in [-0.39, 0.29) is 11.8 Å². The summed E-state index contributed by atoms with van der Waals surface area (Å²) in [6, 6.07) is 0. The molecule has 0 radical (unpaired) electrons. The third-order valence-electron chi connectivity index (χ3n) is 5.82. The molecule has 21 heavy (non-hydrogen) atoms. The summed E-state index contributed by atoms with van der Waals surface area (Å²) in [5.74, 6) is 3.71. The number of nitrogen functional groups attached to an aromatic ring is 1. The highest BCUT2D eigenvalue weighted by Crippen LogP contribution is 2.56. The molecule has 3 N–H and O–H groups in total. The lowest BCUT2D eigenvalue weighted by Crippen LogP contribution is -2.51. The van der Waals surface area contributed by atoms with Crippen molar-refractivity contribution in [2.45, 2.75) is 38.6 Å². The number of nitrogens with two attached hydrogens (primary N) is 1. The van der Waals surface area contributed by atoms with E-state index in [1.54, 1.807) is 17.1 Å². The van der Waals surface area contributed by atoms with E-state index in [2.05, 4.69) is 10.4 Å². The zero-order chi connectivity index (χ0) is 14.4. The largest absolute Gasteiger partial charge is 0.396 e. The Labute approximate surface area is 125 Å². The van der Waals surface area contributed by atoms with E-state index in [4.69, 9.17) is 5.73 Å². The maximum atomic E-state index is 12.6. The van der Waals surface area contributed by atoms with Crippen LogP contribution in [-0.2, 0) is 11.3 Å². The quantitative estimate of drug-likeness (QED) is 0.885. The Morgan fingerprint density at radius 1 is 1.24 bits per heavy atom. The van der Waals surface area contributed by atoms with E-state index in [0.717, 1.165) is 11.8 Å². The van der Waals surface area contributed by atoms with Gasteiger partial charge >= 0.3 is 0 Å². The van der Waals surface area contributed by atoms with E-state index >= 15 is 0 Å². The van der Waals surface area contributed by atoms with Crippen LogP contribution < -0.4 is 11.1 Å². The summed E-state index contributed by atoms with van der Waals surface area (Å²) in [5, 5.41) is 7.27. The summed E-state index contributed by atoms with van der Waals surface area (Å²) in [7, 11) is 0. The van der Waals surface area contributed by atoms with Gasteiger partial charge in [0.05, 0.1) is 18.4 Å². The van der Waals surface area contributed by atoms with E-state index < -0.39 is 0 Å². The molecule has 1 aromatic heterocycles. The number of hydrogen-bond donors (Lipinski definition) is 2. The predicted molar refractivity (Wildman–Crippen MR) is 80.2 cm³/mol. The Bertz CT molecular complexity index is 510. The third kappa shape index (κ3) is 2.43. The highest BCUT2D eigenvalue weighted by atomic mass is 16.1. The number of aromatic nitrogens is 2. The Kier molecular flexibility index (Phi) is 3.16. The van der Waals surface area contributed by atoms with Crippen LogP contribution in [0.4, 0.5) is 5.69 Å². The zero-order valence-electron chi connectivity index (χ0n) is 12.4. The predicted octanol–water partition coefficient (Wildman–Crippen LogP) is 1.65. The second kappa shape index (κ2) is 5.04. The van der Waals surface area contributed by atoms with Crippen molar-refractivity contribution < 1.29 is 4.79 Å². The maximum Gasteiger partial charge on any atom is 0.223 e. The van der Waals surface area contributed by atoms with Crippen molar-refractivity contribution >= 4 is 11.6 Å². The molecule has 5 nitrogen and oxygen atoms in total. The van der Waals surface area contributed by atoms with Gasteiger partial charge in [0.2, 0.25) is 5.91 Å². The Hall–Kier alpha value is -1.52. The van der Waals surface area contributed by atoms with Gasteiger partial charge in [0, 0.05) is 18.7 Å². The van der Waals surface area contributed by atoms with Gasteiger partial charge in [-0.3, -0.25) is 9.48 Å². The van der Waals surface area contributed by atoms with Gasteiger partial charge in [-0.05, 0) is 55.8 Å². The van der Waals surface area contributed by atoms with E-state index in [1.807, 2.05) is 0 Å². The number of hydrogen-bond acceptors (Lipinski definition) is 3. The minimum Gasteiger partial charge on any atom is -0.396 e. The SMILES string of the molecule is Nc1cnn(CCNC(=O)C2C3CC4CC(C3)CC2C4)c1. The zero-order valence-corrected chi connectivity index (χ0v) is 12.4. The van der Waals surface area contributed by atoms with Crippen molar-refractivity contribution in [3.63, 3.8) is 0 Å². The van der Waals surface area contributed by atoms with Crippen LogP contribution >= 0.6 is 0 Å². The maximum absolute atomic E-state index is 12.6. The highest BCUT2D eigenvalue weighted by Gasteiger charge is 2.50. The van der Waals surface area contributed by atoms with Gasteiger partial charge in [0.15, 0.2) is 0 Å². The molecule has 114 valence electrons.